The van der Waals surface area contributed by atoms with Crippen molar-refractivity contribution in [2.45, 2.75) is 45.1 Å². The molecule has 1 aromatic rings. The third-order valence-corrected chi connectivity index (χ3v) is 3.62. The molecular weight excluding hydrogens is 230 g/mol. The molecule has 1 N–H and O–H groups in total. The van der Waals surface area contributed by atoms with Crippen LogP contribution in [0.5, 0.6) is 0 Å². The minimum Gasteiger partial charge on any atom is -0.385 e. The highest BCUT2D eigenvalue weighted by molar-refractivity contribution is 4.95. The van der Waals surface area contributed by atoms with Crippen molar-refractivity contribution >= 4 is 0 Å². The fourth-order valence-electron chi connectivity index (χ4n) is 2.44. The molecule has 0 spiro atoms. The Labute approximate surface area is 108 Å². The van der Waals surface area contributed by atoms with Gasteiger partial charge in [0.2, 0.25) is 5.89 Å². The fraction of sp³-hybridized carbons (Fsp3) is 0.846. The van der Waals surface area contributed by atoms with E-state index in [9.17, 15) is 0 Å². The smallest absolute Gasteiger partial charge is 0.243 e. The van der Waals surface area contributed by atoms with E-state index in [0.717, 1.165) is 50.0 Å². The van der Waals surface area contributed by atoms with Gasteiger partial charge in [-0.3, -0.25) is 0 Å². The van der Waals surface area contributed by atoms with E-state index in [2.05, 4.69) is 22.4 Å². The van der Waals surface area contributed by atoms with Gasteiger partial charge in [0.25, 0.3) is 0 Å². The lowest BCUT2D eigenvalue weighted by molar-refractivity contribution is 0.194. The molecule has 2 unspecified atom stereocenters. The topological polar surface area (TPSA) is 60.2 Å². The first kappa shape index (κ1) is 13.5. The number of rotatable bonds is 6. The predicted molar refractivity (Wildman–Crippen MR) is 68.3 cm³/mol. The Hall–Kier alpha value is -0.940. The van der Waals surface area contributed by atoms with Crippen molar-refractivity contribution in [3.05, 3.63) is 11.7 Å². The monoisotopic (exact) mass is 253 g/mol. The van der Waals surface area contributed by atoms with Crippen LogP contribution in [0.2, 0.25) is 0 Å². The molecule has 2 atom stereocenters. The Kier molecular flexibility index (Phi) is 5.13. The number of piperidine rings is 1. The van der Waals surface area contributed by atoms with Crippen molar-refractivity contribution < 1.29 is 9.26 Å². The van der Waals surface area contributed by atoms with Crippen LogP contribution in [0.25, 0.3) is 0 Å². The largest absolute Gasteiger partial charge is 0.385 e. The van der Waals surface area contributed by atoms with Crippen LogP contribution in [0.15, 0.2) is 4.52 Å². The third kappa shape index (κ3) is 3.53. The van der Waals surface area contributed by atoms with Gasteiger partial charge in [-0.05, 0) is 31.7 Å². The predicted octanol–water partition coefficient (Wildman–Crippen LogP) is 2.10. The quantitative estimate of drug-likeness (QED) is 0.787. The number of hydrogen-bond acceptors (Lipinski definition) is 5. The molecule has 1 fully saturated rings. The number of aromatic nitrogens is 2. The maximum atomic E-state index is 5.36. The summed E-state index contributed by atoms with van der Waals surface area (Å²) in [4.78, 5) is 4.48. The molecule has 2 rings (SSSR count). The summed E-state index contributed by atoms with van der Waals surface area (Å²) < 4.78 is 10.4. The second kappa shape index (κ2) is 6.85. The van der Waals surface area contributed by atoms with Gasteiger partial charge >= 0.3 is 0 Å². The summed E-state index contributed by atoms with van der Waals surface area (Å²) >= 11 is 0. The second-order valence-electron chi connectivity index (χ2n) is 4.95. The zero-order chi connectivity index (χ0) is 12.8. The molecule has 0 saturated carbocycles. The molecule has 0 aliphatic carbocycles. The average molecular weight is 253 g/mol. The number of methoxy groups -OCH3 is 1. The summed E-state index contributed by atoms with van der Waals surface area (Å²) in [5, 5.41) is 7.49. The van der Waals surface area contributed by atoms with E-state index < -0.39 is 0 Å². The molecule has 5 heteroatoms. The van der Waals surface area contributed by atoms with Gasteiger partial charge in [-0.25, -0.2) is 0 Å². The summed E-state index contributed by atoms with van der Waals surface area (Å²) in [6, 6.07) is 0.243. The summed E-state index contributed by atoms with van der Waals surface area (Å²) in [5.41, 5.74) is 0. The standard InChI is InChI=1S/C13H23N3O2/c1-3-10-6-7-14-11(9-10)13-15-12(16-18-13)5-4-8-17-2/h10-11,14H,3-9H2,1-2H3. The van der Waals surface area contributed by atoms with Gasteiger partial charge in [-0.1, -0.05) is 18.5 Å². The van der Waals surface area contributed by atoms with Gasteiger partial charge in [0, 0.05) is 20.1 Å². The van der Waals surface area contributed by atoms with E-state index in [1.165, 1.54) is 12.8 Å². The minimum atomic E-state index is 0.243. The first-order valence-corrected chi connectivity index (χ1v) is 6.88. The molecular formula is C13H23N3O2. The van der Waals surface area contributed by atoms with Crippen LogP contribution in [0.1, 0.15) is 50.4 Å². The van der Waals surface area contributed by atoms with Gasteiger partial charge < -0.3 is 14.6 Å². The Morgan fingerprint density at radius 1 is 1.50 bits per heavy atom. The summed E-state index contributed by atoms with van der Waals surface area (Å²) in [7, 11) is 1.71. The van der Waals surface area contributed by atoms with Crippen molar-refractivity contribution in [3.63, 3.8) is 0 Å². The van der Waals surface area contributed by atoms with Crippen LogP contribution in [-0.2, 0) is 11.2 Å². The number of nitrogens with zero attached hydrogens (tertiary/aromatic N) is 2. The summed E-state index contributed by atoms with van der Waals surface area (Å²) in [5.74, 6) is 2.32. The van der Waals surface area contributed by atoms with Crippen molar-refractivity contribution in [1.29, 1.82) is 0 Å². The lowest BCUT2D eigenvalue weighted by Crippen LogP contribution is -2.31. The molecule has 102 valence electrons. The van der Waals surface area contributed by atoms with Crippen molar-refractivity contribution in [1.82, 2.24) is 15.5 Å². The Balaban J connectivity index is 1.88. The van der Waals surface area contributed by atoms with Crippen LogP contribution in [0.3, 0.4) is 0 Å². The zero-order valence-electron chi connectivity index (χ0n) is 11.3. The highest BCUT2D eigenvalue weighted by atomic mass is 16.5. The summed E-state index contributed by atoms with van der Waals surface area (Å²) in [6.07, 6.45) is 5.34. The lowest BCUT2D eigenvalue weighted by Gasteiger charge is -2.27. The molecule has 0 radical (unpaired) electrons. The number of hydrogen-bond donors (Lipinski definition) is 1. The van der Waals surface area contributed by atoms with Gasteiger partial charge in [0.05, 0.1) is 6.04 Å². The van der Waals surface area contributed by atoms with Crippen LogP contribution in [-0.4, -0.2) is 30.4 Å². The van der Waals surface area contributed by atoms with E-state index in [1.807, 2.05) is 0 Å². The molecule has 1 saturated heterocycles. The van der Waals surface area contributed by atoms with Crippen molar-refractivity contribution in [2.75, 3.05) is 20.3 Å². The SMILES string of the molecule is CCC1CCNC(c2nc(CCCOC)no2)C1. The zero-order valence-corrected chi connectivity index (χ0v) is 11.3. The maximum absolute atomic E-state index is 5.36. The molecule has 2 heterocycles. The van der Waals surface area contributed by atoms with Crippen LogP contribution >= 0.6 is 0 Å². The Morgan fingerprint density at radius 3 is 3.17 bits per heavy atom. The van der Waals surface area contributed by atoms with Gasteiger partial charge in [-0.15, -0.1) is 0 Å². The normalized spacial score (nSPS) is 24.3. The molecule has 1 aliphatic rings. The molecule has 0 amide bonds. The van der Waals surface area contributed by atoms with Gasteiger partial charge in [0.1, 0.15) is 0 Å². The highest BCUT2D eigenvalue weighted by Gasteiger charge is 2.25. The molecule has 18 heavy (non-hydrogen) atoms. The van der Waals surface area contributed by atoms with E-state index in [4.69, 9.17) is 9.26 Å². The van der Waals surface area contributed by atoms with Gasteiger partial charge in [-0.2, -0.15) is 4.98 Å². The number of nitrogens with one attached hydrogen (secondary N) is 1. The molecule has 1 aliphatic heterocycles. The van der Waals surface area contributed by atoms with E-state index in [0.29, 0.717) is 0 Å². The molecule has 1 aromatic heterocycles. The van der Waals surface area contributed by atoms with Crippen molar-refractivity contribution in [2.24, 2.45) is 5.92 Å². The fourth-order valence-corrected chi connectivity index (χ4v) is 2.44. The van der Waals surface area contributed by atoms with Crippen LogP contribution in [0.4, 0.5) is 0 Å². The van der Waals surface area contributed by atoms with E-state index in [1.54, 1.807) is 7.11 Å². The molecule has 5 nitrogen and oxygen atoms in total. The summed E-state index contributed by atoms with van der Waals surface area (Å²) in [6.45, 7) is 4.03. The Morgan fingerprint density at radius 2 is 2.39 bits per heavy atom. The van der Waals surface area contributed by atoms with Crippen LogP contribution < -0.4 is 5.32 Å². The van der Waals surface area contributed by atoms with Gasteiger partial charge in [0.15, 0.2) is 5.82 Å². The lowest BCUT2D eigenvalue weighted by atomic mass is 9.90. The number of aryl methyl sites for hydroxylation is 1. The average Bonchev–Trinajstić information content (AvgIpc) is 2.88. The number of ether oxygens (including phenoxy) is 1. The van der Waals surface area contributed by atoms with Crippen molar-refractivity contribution in [3.8, 4) is 0 Å². The minimum absolute atomic E-state index is 0.243. The Bertz CT molecular complexity index is 354. The highest BCUT2D eigenvalue weighted by Crippen LogP contribution is 2.28. The molecule has 0 bridgehead atoms. The third-order valence-electron chi connectivity index (χ3n) is 3.62. The van der Waals surface area contributed by atoms with Crippen LogP contribution in [0, 0.1) is 5.92 Å². The van der Waals surface area contributed by atoms with E-state index in [-0.39, 0.29) is 6.04 Å². The first-order chi connectivity index (χ1) is 8.83. The van der Waals surface area contributed by atoms with E-state index >= 15 is 0 Å². The second-order valence-corrected chi connectivity index (χ2v) is 4.95. The molecule has 0 aromatic carbocycles. The first-order valence-electron chi connectivity index (χ1n) is 6.88. The maximum Gasteiger partial charge on any atom is 0.243 e.